The number of carbonyl (C=O) groups excluding carboxylic acids is 1. The van der Waals surface area contributed by atoms with E-state index < -0.39 is 18.2 Å². The molecule has 0 atom stereocenters. The molecule has 0 aliphatic rings. The van der Waals surface area contributed by atoms with Crippen LogP contribution in [0.4, 0.5) is 0 Å². The Kier molecular flexibility index (Phi) is 3.13. The maximum absolute atomic E-state index is 11.1. The Labute approximate surface area is 82.7 Å². The lowest BCUT2D eigenvalue weighted by molar-refractivity contribution is -0.135. The van der Waals surface area contributed by atoms with Crippen molar-refractivity contribution in [3.8, 4) is 0 Å². The van der Waals surface area contributed by atoms with Gasteiger partial charge in [0.2, 0.25) is 0 Å². The number of carbonyl (C=O) groups is 2. The molecule has 0 aliphatic heterocycles. The van der Waals surface area contributed by atoms with Crippen molar-refractivity contribution in [2.24, 2.45) is 0 Å². The normalized spacial score (nSPS) is 9.62. The van der Waals surface area contributed by atoms with Gasteiger partial charge in [0.15, 0.2) is 5.78 Å². The molecule has 5 heteroatoms. The molecule has 1 heterocycles. The van der Waals surface area contributed by atoms with Gasteiger partial charge in [0.05, 0.1) is 0 Å². The molecular formula is C8H6BrNO3. The highest BCUT2D eigenvalue weighted by Crippen LogP contribution is 2.08. The van der Waals surface area contributed by atoms with Gasteiger partial charge in [0.25, 0.3) is 0 Å². The summed E-state index contributed by atoms with van der Waals surface area (Å²) in [5.41, 5.74) is 0.172. The highest BCUT2D eigenvalue weighted by Gasteiger charge is 2.11. The lowest BCUT2D eigenvalue weighted by Crippen LogP contribution is -2.08. The summed E-state index contributed by atoms with van der Waals surface area (Å²) in [7, 11) is 0. The summed E-state index contributed by atoms with van der Waals surface area (Å²) < 4.78 is 0.749. The van der Waals surface area contributed by atoms with Gasteiger partial charge in [-0.1, -0.05) is 0 Å². The quantitative estimate of drug-likeness (QED) is 0.646. The van der Waals surface area contributed by atoms with Crippen LogP contribution in [0.15, 0.2) is 22.8 Å². The minimum Gasteiger partial charge on any atom is -0.481 e. The van der Waals surface area contributed by atoms with E-state index >= 15 is 0 Å². The van der Waals surface area contributed by atoms with Crippen LogP contribution in [0.3, 0.4) is 0 Å². The second-order valence-electron chi connectivity index (χ2n) is 2.36. The predicted molar refractivity (Wildman–Crippen MR) is 48.5 cm³/mol. The third-order valence-corrected chi connectivity index (χ3v) is 1.79. The molecule has 0 fully saturated rings. The minimum atomic E-state index is -1.14. The van der Waals surface area contributed by atoms with Gasteiger partial charge in [-0.05, 0) is 28.1 Å². The van der Waals surface area contributed by atoms with Gasteiger partial charge in [-0.2, -0.15) is 0 Å². The maximum Gasteiger partial charge on any atom is 0.311 e. The minimum absolute atomic E-state index is 0.172. The molecule has 13 heavy (non-hydrogen) atoms. The number of aromatic nitrogens is 1. The zero-order chi connectivity index (χ0) is 9.84. The van der Waals surface area contributed by atoms with Gasteiger partial charge in [-0.25, -0.2) is 0 Å². The van der Waals surface area contributed by atoms with E-state index in [1.807, 2.05) is 0 Å². The van der Waals surface area contributed by atoms with Crippen LogP contribution in [0.2, 0.25) is 0 Å². The van der Waals surface area contributed by atoms with Crippen molar-refractivity contribution in [2.45, 2.75) is 6.42 Å². The number of hydrogen-bond acceptors (Lipinski definition) is 3. The van der Waals surface area contributed by atoms with Crippen molar-refractivity contribution < 1.29 is 14.7 Å². The van der Waals surface area contributed by atoms with E-state index in [-0.39, 0.29) is 5.69 Å². The van der Waals surface area contributed by atoms with Gasteiger partial charge < -0.3 is 5.11 Å². The summed E-state index contributed by atoms with van der Waals surface area (Å²) in [6, 6.07) is 3.12. The SMILES string of the molecule is O=C(O)CC(=O)c1ccc(Br)cn1. The van der Waals surface area contributed by atoms with E-state index in [0.29, 0.717) is 0 Å². The Bertz CT molecular complexity index is 334. The Morgan fingerprint density at radius 2 is 2.15 bits per heavy atom. The van der Waals surface area contributed by atoms with E-state index in [1.54, 1.807) is 6.07 Å². The van der Waals surface area contributed by atoms with Gasteiger partial charge >= 0.3 is 5.97 Å². The standard InChI is InChI=1S/C8H6BrNO3/c9-5-1-2-6(10-4-5)7(11)3-8(12)13/h1-2,4H,3H2,(H,12,13). The first kappa shape index (κ1) is 9.85. The van der Waals surface area contributed by atoms with Crippen LogP contribution >= 0.6 is 15.9 Å². The molecule has 0 radical (unpaired) electrons. The fourth-order valence-electron chi connectivity index (χ4n) is 0.769. The number of ketones is 1. The van der Waals surface area contributed by atoms with Gasteiger partial charge in [0, 0.05) is 10.7 Å². The molecule has 0 spiro atoms. The number of pyridine rings is 1. The molecular weight excluding hydrogens is 238 g/mol. The van der Waals surface area contributed by atoms with Crippen LogP contribution in [0.5, 0.6) is 0 Å². The highest BCUT2D eigenvalue weighted by atomic mass is 79.9. The fraction of sp³-hybridized carbons (Fsp3) is 0.125. The zero-order valence-corrected chi connectivity index (χ0v) is 8.11. The first-order valence-electron chi connectivity index (χ1n) is 3.46. The van der Waals surface area contributed by atoms with E-state index in [1.165, 1.54) is 12.3 Å². The van der Waals surface area contributed by atoms with Crippen LogP contribution in [0.1, 0.15) is 16.9 Å². The Hall–Kier alpha value is -1.23. The molecule has 0 amide bonds. The van der Waals surface area contributed by atoms with Crippen LogP contribution in [0, 0.1) is 0 Å². The molecule has 1 aromatic heterocycles. The van der Waals surface area contributed by atoms with E-state index in [0.717, 1.165) is 4.47 Å². The van der Waals surface area contributed by atoms with Crippen molar-refractivity contribution in [1.29, 1.82) is 0 Å². The smallest absolute Gasteiger partial charge is 0.311 e. The second kappa shape index (κ2) is 4.13. The topological polar surface area (TPSA) is 67.3 Å². The largest absolute Gasteiger partial charge is 0.481 e. The maximum atomic E-state index is 11.1. The Balaban J connectivity index is 2.78. The number of carboxylic acids is 1. The first-order chi connectivity index (χ1) is 6.09. The van der Waals surface area contributed by atoms with Gasteiger partial charge in [-0.3, -0.25) is 14.6 Å². The lowest BCUT2D eigenvalue weighted by atomic mass is 10.2. The van der Waals surface area contributed by atoms with Crippen molar-refractivity contribution in [3.63, 3.8) is 0 Å². The second-order valence-corrected chi connectivity index (χ2v) is 3.27. The molecule has 0 aromatic carbocycles. The molecule has 0 bridgehead atoms. The molecule has 1 aromatic rings. The molecule has 0 unspecified atom stereocenters. The number of carboxylic acid groups (broad SMARTS) is 1. The van der Waals surface area contributed by atoms with Crippen LogP contribution in [-0.4, -0.2) is 21.8 Å². The number of aliphatic carboxylic acids is 1. The number of halogens is 1. The summed E-state index contributed by atoms with van der Waals surface area (Å²) in [6.07, 6.45) is 0.934. The average Bonchev–Trinajstić information content (AvgIpc) is 2.04. The monoisotopic (exact) mass is 243 g/mol. The third-order valence-electron chi connectivity index (χ3n) is 1.32. The summed E-state index contributed by atoms with van der Waals surface area (Å²) in [5, 5.41) is 8.34. The molecule has 4 nitrogen and oxygen atoms in total. The summed E-state index contributed by atoms with van der Waals surface area (Å²) in [5.74, 6) is -1.63. The fourth-order valence-corrected chi connectivity index (χ4v) is 1.00. The Morgan fingerprint density at radius 1 is 1.46 bits per heavy atom. The summed E-state index contributed by atoms with van der Waals surface area (Å²) in [6.45, 7) is 0. The van der Waals surface area contributed by atoms with Gasteiger partial charge in [0.1, 0.15) is 12.1 Å². The number of hydrogen-bond donors (Lipinski definition) is 1. The van der Waals surface area contributed by atoms with Crippen LogP contribution < -0.4 is 0 Å². The molecule has 0 saturated heterocycles. The van der Waals surface area contributed by atoms with E-state index in [4.69, 9.17) is 5.11 Å². The zero-order valence-electron chi connectivity index (χ0n) is 6.53. The van der Waals surface area contributed by atoms with Crippen molar-refractivity contribution in [1.82, 2.24) is 4.98 Å². The number of Topliss-reactive ketones (excluding diaryl/α,β-unsaturated/α-hetero) is 1. The average molecular weight is 244 g/mol. The summed E-state index contributed by atoms with van der Waals surface area (Å²) >= 11 is 3.16. The van der Waals surface area contributed by atoms with Crippen molar-refractivity contribution in [2.75, 3.05) is 0 Å². The van der Waals surface area contributed by atoms with Crippen LogP contribution in [-0.2, 0) is 4.79 Å². The predicted octanol–water partition coefficient (Wildman–Crippen LogP) is 1.50. The Morgan fingerprint density at radius 3 is 2.62 bits per heavy atom. The number of rotatable bonds is 3. The highest BCUT2D eigenvalue weighted by molar-refractivity contribution is 9.10. The first-order valence-corrected chi connectivity index (χ1v) is 4.25. The number of nitrogens with zero attached hydrogens (tertiary/aromatic N) is 1. The molecule has 0 aliphatic carbocycles. The van der Waals surface area contributed by atoms with E-state index in [9.17, 15) is 9.59 Å². The lowest BCUT2D eigenvalue weighted by Gasteiger charge is -1.96. The van der Waals surface area contributed by atoms with Crippen molar-refractivity contribution in [3.05, 3.63) is 28.5 Å². The third kappa shape index (κ3) is 2.95. The summed E-state index contributed by atoms with van der Waals surface area (Å²) in [4.78, 5) is 25.1. The molecule has 0 saturated carbocycles. The van der Waals surface area contributed by atoms with E-state index in [2.05, 4.69) is 20.9 Å². The molecule has 1 rings (SSSR count). The van der Waals surface area contributed by atoms with Crippen molar-refractivity contribution >= 4 is 27.7 Å². The molecule has 1 N–H and O–H groups in total. The van der Waals surface area contributed by atoms with Gasteiger partial charge in [-0.15, -0.1) is 0 Å². The van der Waals surface area contributed by atoms with Crippen LogP contribution in [0.25, 0.3) is 0 Å². The molecule has 68 valence electrons.